The smallest absolute Gasteiger partial charge is 0.212 e. The van der Waals surface area contributed by atoms with E-state index >= 15 is 0 Å². The number of rotatable bonds is 2. The molecule has 3 heterocycles. The van der Waals surface area contributed by atoms with E-state index in [-0.39, 0.29) is 11.2 Å². The molecular formula is C16H18OS3. The molecule has 0 saturated carbocycles. The summed E-state index contributed by atoms with van der Waals surface area (Å²) in [5.74, 6) is 2.46. The van der Waals surface area contributed by atoms with Crippen LogP contribution in [0.5, 0.6) is 0 Å². The second-order valence-corrected chi connectivity index (χ2v) is 9.43. The molecule has 0 saturated heterocycles. The Kier molecular flexibility index (Phi) is 3.82. The van der Waals surface area contributed by atoms with Crippen LogP contribution in [0.15, 0.2) is 18.2 Å². The average molecular weight is 323 g/mol. The van der Waals surface area contributed by atoms with E-state index < -0.39 is 0 Å². The fraction of sp³-hybridized carbons (Fsp3) is 0.438. The van der Waals surface area contributed by atoms with Crippen LogP contribution in [0.4, 0.5) is 0 Å². The van der Waals surface area contributed by atoms with E-state index in [9.17, 15) is 4.79 Å². The van der Waals surface area contributed by atoms with Gasteiger partial charge in [-0.3, -0.25) is 4.79 Å². The van der Waals surface area contributed by atoms with Gasteiger partial charge in [0.2, 0.25) is 5.78 Å². The SMILES string of the molecule is CC(C)(C)c1ccc(C(=O)c2cc3c(s2)CCSC3)s1. The van der Waals surface area contributed by atoms with Gasteiger partial charge >= 0.3 is 0 Å². The minimum Gasteiger partial charge on any atom is -0.287 e. The van der Waals surface area contributed by atoms with Gasteiger partial charge < -0.3 is 0 Å². The standard InChI is InChI=1S/C16H18OS3/c1-16(2,3)14-5-4-12(20-14)15(17)13-8-10-9-18-7-6-11(10)19-13/h4-5,8H,6-7,9H2,1-3H3. The number of carbonyl (C=O) groups is 1. The fourth-order valence-corrected chi connectivity index (χ4v) is 5.65. The van der Waals surface area contributed by atoms with Crippen LogP contribution in [0.2, 0.25) is 0 Å². The Labute approximate surface area is 132 Å². The van der Waals surface area contributed by atoms with Gasteiger partial charge in [-0.25, -0.2) is 0 Å². The van der Waals surface area contributed by atoms with E-state index in [2.05, 4.69) is 32.9 Å². The fourth-order valence-electron chi connectivity index (χ4n) is 2.24. The van der Waals surface area contributed by atoms with Crippen molar-refractivity contribution in [3.05, 3.63) is 43.3 Å². The second kappa shape index (κ2) is 5.32. The van der Waals surface area contributed by atoms with Crippen molar-refractivity contribution < 1.29 is 4.79 Å². The first-order chi connectivity index (χ1) is 9.45. The van der Waals surface area contributed by atoms with Gasteiger partial charge in [-0.2, -0.15) is 11.8 Å². The summed E-state index contributed by atoms with van der Waals surface area (Å²) in [5.41, 5.74) is 1.50. The monoisotopic (exact) mass is 322 g/mol. The van der Waals surface area contributed by atoms with Gasteiger partial charge in [0.15, 0.2) is 0 Å². The molecule has 0 aromatic carbocycles. The van der Waals surface area contributed by atoms with Crippen LogP contribution < -0.4 is 0 Å². The number of aryl methyl sites for hydroxylation is 1. The number of thioether (sulfide) groups is 1. The Morgan fingerprint density at radius 1 is 1.15 bits per heavy atom. The highest BCUT2D eigenvalue weighted by atomic mass is 32.2. The van der Waals surface area contributed by atoms with Crippen LogP contribution in [-0.4, -0.2) is 11.5 Å². The Hall–Kier alpha value is -0.580. The lowest BCUT2D eigenvalue weighted by molar-refractivity contribution is 0.104. The maximum atomic E-state index is 12.6. The molecule has 0 radical (unpaired) electrons. The van der Waals surface area contributed by atoms with E-state index in [1.807, 2.05) is 17.8 Å². The van der Waals surface area contributed by atoms with Crippen LogP contribution in [0, 0.1) is 0 Å². The summed E-state index contributed by atoms with van der Waals surface area (Å²) in [6.07, 6.45) is 1.12. The Balaban J connectivity index is 1.89. The highest BCUT2D eigenvalue weighted by Crippen LogP contribution is 2.35. The van der Waals surface area contributed by atoms with Crippen molar-refractivity contribution in [3.63, 3.8) is 0 Å². The average Bonchev–Trinajstić information content (AvgIpc) is 3.04. The van der Waals surface area contributed by atoms with Gasteiger partial charge in [0, 0.05) is 15.5 Å². The number of fused-ring (bicyclic) bond motifs is 1. The molecule has 1 nitrogen and oxygen atoms in total. The van der Waals surface area contributed by atoms with Crippen molar-refractivity contribution in [3.8, 4) is 0 Å². The van der Waals surface area contributed by atoms with Gasteiger partial charge in [0.1, 0.15) is 0 Å². The molecule has 0 unspecified atom stereocenters. The first kappa shape index (κ1) is 14.4. The van der Waals surface area contributed by atoms with E-state index in [4.69, 9.17) is 0 Å². The van der Waals surface area contributed by atoms with Gasteiger partial charge in [0.05, 0.1) is 9.75 Å². The molecule has 1 aliphatic heterocycles. The topological polar surface area (TPSA) is 17.1 Å². The predicted octanol–water partition coefficient (Wildman–Crippen LogP) is 5.13. The molecule has 20 heavy (non-hydrogen) atoms. The van der Waals surface area contributed by atoms with Crippen molar-refractivity contribution in [1.29, 1.82) is 0 Å². The molecule has 0 bridgehead atoms. The van der Waals surface area contributed by atoms with E-state index in [1.165, 1.54) is 21.1 Å². The lowest BCUT2D eigenvalue weighted by Crippen LogP contribution is -2.07. The molecule has 106 valence electrons. The van der Waals surface area contributed by atoms with Gasteiger partial charge in [-0.05, 0) is 41.4 Å². The van der Waals surface area contributed by atoms with Crippen LogP contribution in [0.3, 0.4) is 0 Å². The molecule has 0 atom stereocenters. The molecular weight excluding hydrogens is 304 g/mol. The summed E-state index contributed by atoms with van der Waals surface area (Å²) < 4.78 is 0. The number of hydrogen-bond donors (Lipinski definition) is 0. The highest BCUT2D eigenvalue weighted by molar-refractivity contribution is 7.98. The van der Waals surface area contributed by atoms with Crippen LogP contribution in [0.1, 0.15) is 50.6 Å². The molecule has 2 aromatic heterocycles. The van der Waals surface area contributed by atoms with Crippen LogP contribution >= 0.6 is 34.4 Å². The minimum absolute atomic E-state index is 0.120. The zero-order chi connectivity index (χ0) is 14.3. The number of hydrogen-bond acceptors (Lipinski definition) is 4. The first-order valence-corrected chi connectivity index (χ1v) is 9.58. The molecule has 2 aromatic rings. The number of ketones is 1. The van der Waals surface area contributed by atoms with Crippen LogP contribution in [0.25, 0.3) is 0 Å². The summed E-state index contributed by atoms with van der Waals surface area (Å²) in [6, 6.07) is 6.20. The Morgan fingerprint density at radius 2 is 1.95 bits per heavy atom. The third-order valence-corrected chi connectivity index (χ3v) is 7.17. The molecule has 0 aliphatic carbocycles. The van der Waals surface area contributed by atoms with Crippen LogP contribution in [-0.2, 0) is 17.6 Å². The number of carbonyl (C=O) groups excluding carboxylic acids is 1. The summed E-state index contributed by atoms with van der Waals surface area (Å²) in [5, 5.41) is 0. The molecule has 0 amide bonds. The van der Waals surface area contributed by atoms with Crippen molar-refractivity contribution >= 4 is 40.2 Å². The molecule has 0 fully saturated rings. The lowest BCUT2D eigenvalue weighted by Gasteiger charge is -2.15. The number of thiophene rings is 2. The zero-order valence-corrected chi connectivity index (χ0v) is 14.4. The van der Waals surface area contributed by atoms with Gasteiger partial charge in [0.25, 0.3) is 0 Å². The largest absolute Gasteiger partial charge is 0.287 e. The summed E-state index contributed by atoms with van der Waals surface area (Å²) >= 11 is 5.30. The van der Waals surface area contributed by atoms with Crippen molar-refractivity contribution in [2.75, 3.05) is 5.75 Å². The molecule has 0 N–H and O–H groups in total. The first-order valence-electron chi connectivity index (χ1n) is 6.79. The minimum atomic E-state index is 0.120. The van der Waals surface area contributed by atoms with Crippen molar-refractivity contribution in [2.45, 2.75) is 38.4 Å². The zero-order valence-electron chi connectivity index (χ0n) is 12.0. The normalized spacial score (nSPS) is 15.2. The summed E-state index contributed by atoms with van der Waals surface area (Å²) in [6.45, 7) is 6.57. The van der Waals surface area contributed by atoms with Gasteiger partial charge in [-0.1, -0.05) is 20.8 Å². The Bertz CT molecular complexity index is 619. The molecule has 3 rings (SSSR count). The van der Waals surface area contributed by atoms with Crippen molar-refractivity contribution in [2.24, 2.45) is 0 Å². The third-order valence-electron chi connectivity index (χ3n) is 3.42. The van der Waals surface area contributed by atoms with Gasteiger partial charge in [-0.15, -0.1) is 22.7 Å². The predicted molar refractivity (Wildman–Crippen MR) is 90.6 cm³/mol. The quantitative estimate of drug-likeness (QED) is 0.713. The van der Waals surface area contributed by atoms with E-state index in [0.717, 1.165) is 21.9 Å². The maximum Gasteiger partial charge on any atom is 0.212 e. The highest BCUT2D eigenvalue weighted by Gasteiger charge is 2.22. The Morgan fingerprint density at radius 3 is 2.60 bits per heavy atom. The van der Waals surface area contributed by atoms with E-state index in [0.29, 0.717) is 0 Å². The van der Waals surface area contributed by atoms with Crippen molar-refractivity contribution in [1.82, 2.24) is 0 Å². The lowest BCUT2D eigenvalue weighted by atomic mass is 9.95. The summed E-state index contributed by atoms with van der Waals surface area (Å²) in [7, 11) is 0. The molecule has 0 spiro atoms. The van der Waals surface area contributed by atoms with E-state index in [1.54, 1.807) is 22.7 Å². The summed E-state index contributed by atoms with van der Waals surface area (Å²) in [4.78, 5) is 17.1. The maximum absolute atomic E-state index is 12.6. The second-order valence-electron chi connectivity index (χ2n) is 6.10. The molecule has 4 heteroatoms. The third kappa shape index (κ3) is 2.74. The molecule has 1 aliphatic rings.